The van der Waals surface area contributed by atoms with E-state index in [2.05, 4.69) is 47.1 Å². The topological polar surface area (TPSA) is 186 Å². The normalized spacial score (nSPS) is 24.4. The number of methoxy groups -OCH3 is 1. The Kier molecular flexibility index (Phi) is 16.7. The second-order valence-electron chi connectivity index (χ2n) is 22.0. The fourth-order valence-electron chi connectivity index (χ4n) is 13.5. The van der Waals surface area contributed by atoms with Gasteiger partial charge in [0.25, 0.3) is 0 Å². The second-order valence-corrected chi connectivity index (χ2v) is 22.0. The van der Waals surface area contributed by atoms with Gasteiger partial charge in [-0.3, -0.25) is 24.5 Å². The third-order valence-corrected chi connectivity index (χ3v) is 17.6. The van der Waals surface area contributed by atoms with Gasteiger partial charge >= 0.3 is 12.1 Å². The van der Waals surface area contributed by atoms with E-state index in [-0.39, 0.29) is 61.6 Å². The molecule has 13 nitrogen and oxygen atoms in total. The summed E-state index contributed by atoms with van der Waals surface area (Å²) in [5.74, 6) is -1.92. The molecule has 5 aromatic carbocycles. The standard InChI is InChI=1S/C64H71N3O10/c1-61-35-33-49(68)39-48(61)29-32-51-52-34-36-63(74,62(52,2)40-55(69)57(51)61)56(70)42-76-59(72)53(66-58(71)54(38-43-18-8-4-9-19-43)67-60(73)77-41-44-20-10-5-11-21-44)26-16-17-37-65-64(45-22-12-6-13-23-45,46-24-14-7-15-25-46)47-27-30-50(75-3)31-28-47/h4-15,18-25,27-28,30-31,39,51-54,57,65,74H,16-17,26,29,32-38,40-42H2,1-3H3,(H,66,71)(H,67,73)/t51?,52?,53-,54?,57?,61-,62-,63-/m0/s1. The molecule has 0 radical (unpaired) electrons. The van der Waals surface area contributed by atoms with Crippen molar-refractivity contribution in [1.82, 2.24) is 16.0 Å². The van der Waals surface area contributed by atoms with Crippen LogP contribution in [0, 0.1) is 28.6 Å². The highest BCUT2D eigenvalue weighted by atomic mass is 16.5. The van der Waals surface area contributed by atoms with Gasteiger partial charge in [0, 0.05) is 30.6 Å². The van der Waals surface area contributed by atoms with Crippen molar-refractivity contribution in [1.29, 1.82) is 0 Å². The Morgan fingerprint density at radius 1 is 0.701 bits per heavy atom. The summed E-state index contributed by atoms with van der Waals surface area (Å²) < 4.78 is 16.9. The summed E-state index contributed by atoms with van der Waals surface area (Å²) in [4.78, 5) is 83.7. The van der Waals surface area contributed by atoms with Crippen molar-refractivity contribution in [2.24, 2.45) is 28.6 Å². The zero-order valence-electron chi connectivity index (χ0n) is 44.3. The predicted octanol–water partition coefficient (Wildman–Crippen LogP) is 9.32. The number of carbonyl (C=O) groups is 6. The average molecular weight is 1040 g/mol. The van der Waals surface area contributed by atoms with Gasteiger partial charge in [0.05, 0.1) is 12.6 Å². The number of allylic oxidation sites excluding steroid dienone is 1. The minimum absolute atomic E-state index is 0.00354. The fraction of sp³-hybridized carbons (Fsp3) is 0.406. The molecular weight excluding hydrogens is 971 g/mol. The molecule has 0 heterocycles. The molecule has 9 rings (SSSR count). The molecule has 13 heteroatoms. The summed E-state index contributed by atoms with van der Waals surface area (Å²) in [7, 11) is 1.63. The highest BCUT2D eigenvalue weighted by molar-refractivity contribution is 5.96. The largest absolute Gasteiger partial charge is 0.497 e. The number of hydrogen-bond donors (Lipinski definition) is 4. The van der Waals surface area contributed by atoms with Crippen molar-refractivity contribution in [2.75, 3.05) is 20.3 Å². The van der Waals surface area contributed by atoms with Gasteiger partial charge in [-0.25, -0.2) is 9.59 Å². The minimum atomic E-state index is -1.94. The molecule has 5 aromatic rings. The molecule has 402 valence electrons. The maximum absolute atomic E-state index is 14.5. The molecule has 4 aliphatic carbocycles. The van der Waals surface area contributed by atoms with E-state index in [1.165, 1.54) is 0 Å². The number of nitrogens with one attached hydrogen (secondary N) is 3. The first-order chi connectivity index (χ1) is 37.2. The Morgan fingerprint density at radius 2 is 1.31 bits per heavy atom. The van der Waals surface area contributed by atoms with Crippen LogP contribution in [0.1, 0.15) is 106 Å². The summed E-state index contributed by atoms with van der Waals surface area (Å²) in [6.07, 6.45) is 5.06. The molecule has 8 atom stereocenters. The van der Waals surface area contributed by atoms with Crippen molar-refractivity contribution in [3.05, 3.63) is 185 Å². The molecule has 3 fully saturated rings. The zero-order chi connectivity index (χ0) is 54.2. The van der Waals surface area contributed by atoms with Gasteiger partial charge in [0.15, 0.2) is 12.4 Å². The van der Waals surface area contributed by atoms with Crippen LogP contribution >= 0.6 is 0 Å². The summed E-state index contributed by atoms with van der Waals surface area (Å²) in [5, 5.41) is 22.0. The van der Waals surface area contributed by atoms with Crippen LogP contribution in [-0.2, 0) is 52.0 Å². The molecule has 0 spiro atoms. The van der Waals surface area contributed by atoms with Gasteiger partial charge in [-0.2, -0.15) is 0 Å². The van der Waals surface area contributed by atoms with Gasteiger partial charge in [-0.15, -0.1) is 0 Å². The number of benzene rings is 5. The predicted molar refractivity (Wildman–Crippen MR) is 291 cm³/mol. The number of ketones is 3. The third kappa shape index (κ3) is 11.3. The Morgan fingerprint density at radius 3 is 1.95 bits per heavy atom. The molecule has 0 bridgehead atoms. The highest BCUT2D eigenvalue weighted by Crippen LogP contribution is 2.66. The fourth-order valence-corrected chi connectivity index (χ4v) is 13.5. The monoisotopic (exact) mass is 1040 g/mol. The Bertz CT molecular complexity index is 2890. The summed E-state index contributed by atoms with van der Waals surface area (Å²) in [6.45, 7) is 3.60. The van der Waals surface area contributed by atoms with Gasteiger partial charge in [-0.05, 0) is 121 Å². The van der Waals surface area contributed by atoms with E-state index in [9.17, 15) is 33.9 Å². The summed E-state index contributed by atoms with van der Waals surface area (Å²) >= 11 is 0. The maximum Gasteiger partial charge on any atom is 0.408 e. The number of aliphatic hydroxyl groups is 1. The van der Waals surface area contributed by atoms with E-state index >= 15 is 0 Å². The molecule has 4 N–H and O–H groups in total. The van der Waals surface area contributed by atoms with Crippen LogP contribution in [0.4, 0.5) is 4.79 Å². The lowest BCUT2D eigenvalue weighted by Gasteiger charge is -2.57. The first kappa shape index (κ1) is 54.6. The number of ether oxygens (including phenoxy) is 3. The number of unbranched alkanes of at least 4 members (excludes halogenated alkanes) is 1. The lowest BCUT2D eigenvalue weighted by atomic mass is 9.46. The molecule has 4 aliphatic rings. The molecule has 0 saturated heterocycles. The minimum Gasteiger partial charge on any atom is -0.497 e. The van der Waals surface area contributed by atoms with E-state index < -0.39 is 64.4 Å². The molecule has 2 amide bonds. The maximum atomic E-state index is 14.5. The van der Waals surface area contributed by atoms with Gasteiger partial charge < -0.3 is 30.0 Å². The van der Waals surface area contributed by atoms with Crippen molar-refractivity contribution in [3.8, 4) is 5.75 Å². The zero-order valence-corrected chi connectivity index (χ0v) is 44.3. The lowest BCUT2D eigenvalue weighted by molar-refractivity contribution is -0.174. The quantitative estimate of drug-likeness (QED) is 0.0312. The van der Waals surface area contributed by atoms with Gasteiger partial charge in [0.2, 0.25) is 11.7 Å². The van der Waals surface area contributed by atoms with E-state index in [0.717, 1.165) is 39.1 Å². The van der Waals surface area contributed by atoms with Crippen LogP contribution in [0.5, 0.6) is 5.75 Å². The van der Waals surface area contributed by atoms with Crippen molar-refractivity contribution < 1.29 is 48.1 Å². The van der Waals surface area contributed by atoms with E-state index in [1.807, 2.05) is 128 Å². The SMILES string of the molecule is COc1ccc(C(NCCCC[C@H](NC(=O)C(Cc2ccccc2)NC(=O)OCc2ccccc2)C(=O)OCC(=O)[C@@]2(O)CCC3C4CCC5=CC(=O)CC[C@]5(C)C4C(=O)C[C@@]32C)(c2ccccc2)c2ccccc2)cc1. The third-order valence-electron chi connectivity index (χ3n) is 17.6. The molecule has 4 unspecified atom stereocenters. The van der Waals surface area contributed by atoms with Crippen LogP contribution in [0.25, 0.3) is 0 Å². The first-order valence-corrected chi connectivity index (χ1v) is 27.2. The molecular formula is C64H71N3O10. The van der Waals surface area contributed by atoms with Crippen molar-refractivity contribution >= 4 is 35.3 Å². The van der Waals surface area contributed by atoms with Crippen molar-refractivity contribution in [3.63, 3.8) is 0 Å². The number of fused-ring (bicyclic) bond motifs is 5. The Labute approximate surface area is 451 Å². The second kappa shape index (κ2) is 23.6. The smallest absolute Gasteiger partial charge is 0.408 e. The molecule has 0 aliphatic heterocycles. The van der Waals surface area contributed by atoms with Gasteiger partial charge in [0.1, 0.15) is 35.8 Å². The first-order valence-electron chi connectivity index (χ1n) is 27.2. The Hall–Kier alpha value is -7.22. The number of carbonyl (C=O) groups excluding carboxylic acids is 6. The summed E-state index contributed by atoms with van der Waals surface area (Å²) in [5.41, 5.74) is 1.28. The van der Waals surface area contributed by atoms with Gasteiger partial charge in [-0.1, -0.05) is 153 Å². The molecule has 77 heavy (non-hydrogen) atoms. The average Bonchev–Trinajstić information content (AvgIpc) is 4.02. The lowest BCUT2D eigenvalue weighted by Crippen LogP contribution is -2.61. The number of alkyl carbamates (subject to hydrolysis) is 1. The molecule has 3 saturated carbocycles. The number of Topliss-reactive ketones (excluding diaryl/α,β-unsaturated/α-hetero) is 2. The van der Waals surface area contributed by atoms with E-state index in [1.54, 1.807) is 13.2 Å². The van der Waals surface area contributed by atoms with Crippen LogP contribution in [-0.4, -0.2) is 78.4 Å². The summed E-state index contributed by atoms with van der Waals surface area (Å²) in [6, 6.07) is 44.1. The molecule has 0 aromatic heterocycles. The van der Waals surface area contributed by atoms with Crippen LogP contribution in [0.3, 0.4) is 0 Å². The van der Waals surface area contributed by atoms with Crippen LogP contribution in [0.15, 0.2) is 157 Å². The number of amides is 2. The van der Waals surface area contributed by atoms with Crippen LogP contribution < -0.4 is 20.7 Å². The van der Waals surface area contributed by atoms with Crippen molar-refractivity contribution in [2.45, 2.75) is 114 Å². The van der Waals surface area contributed by atoms with E-state index in [0.29, 0.717) is 51.5 Å². The van der Waals surface area contributed by atoms with Crippen LogP contribution in [0.2, 0.25) is 0 Å². The van der Waals surface area contributed by atoms with E-state index in [4.69, 9.17) is 14.2 Å². The number of hydrogen-bond acceptors (Lipinski definition) is 11. The Balaban J connectivity index is 0.933. The number of esters is 1. The number of rotatable bonds is 21. The highest BCUT2D eigenvalue weighted by Gasteiger charge is 2.68.